The molecule has 0 atom stereocenters. The van der Waals surface area contributed by atoms with E-state index in [1.165, 1.54) is 11.2 Å². The van der Waals surface area contributed by atoms with Crippen molar-refractivity contribution in [3.63, 3.8) is 0 Å². The van der Waals surface area contributed by atoms with E-state index in [-0.39, 0.29) is 24.9 Å². The number of hydrogen-bond donors (Lipinski definition) is 1. The van der Waals surface area contributed by atoms with E-state index in [1.54, 1.807) is 4.68 Å². The summed E-state index contributed by atoms with van der Waals surface area (Å²) in [7, 11) is 0. The molecule has 1 N–H and O–H groups in total. The van der Waals surface area contributed by atoms with E-state index >= 15 is 0 Å². The van der Waals surface area contributed by atoms with Crippen LogP contribution >= 0.6 is 0 Å². The Morgan fingerprint density at radius 2 is 2.29 bits per heavy atom. The predicted octanol–water partition coefficient (Wildman–Crippen LogP) is -0.853. The number of hydrogen-bond acceptors (Lipinski definition) is 4. The number of carbonyl (C=O) groups excluding carboxylic acids is 2. The molecule has 17 heavy (non-hydrogen) atoms. The third-order valence-electron chi connectivity index (χ3n) is 2.59. The smallest absolute Gasteiger partial charge is 0.242 e. The van der Waals surface area contributed by atoms with Crippen molar-refractivity contribution in [1.82, 2.24) is 25.0 Å². The van der Waals surface area contributed by atoms with Gasteiger partial charge in [0.15, 0.2) is 0 Å². The minimum absolute atomic E-state index is 0.0702. The Kier molecular flexibility index (Phi) is 3.36. The van der Waals surface area contributed by atoms with Gasteiger partial charge in [0.25, 0.3) is 0 Å². The third kappa shape index (κ3) is 2.61. The van der Waals surface area contributed by atoms with Crippen molar-refractivity contribution in [2.75, 3.05) is 13.1 Å². The van der Waals surface area contributed by atoms with Crippen molar-refractivity contribution < 1.29 is 9.59 Å². The highest BCUT2D eigenvalue weighted by molar-refractivity contribution is 5.92. The van der Waals surface area contributed by atoms with Crippen LogP contribution in [0.3, 0.4) is 0 Å². The van der Waals surface area contributed by atoms with Crippen molar-refractivity contribution in [3.8, 4) is 0 Å². The van der Waals surface area contributed by atoms with Crippen LogP contribution in [0.2, 0.25) is 0 Å². The van der Waals surface area contributed by atoms with E-state index in [0.717, 1.165) is 18.8 Å². The molecular formula is C10H15N5O2. The Balaban J connectivity index is 2.06. The highest BCUT2D eigenvalue weighted by Crippen LogP contribution is 2.04. The molecule has 0 radical (unpaired) electrons. The summed E-state index contributed by atoms with van der Waals surface area (Å²) >= 11 is 0. The van der Waals surface area contributed by atoms with Gasteiger partial charge in [0.2, 0.25) is 11.8 Å². The van der Waals surface area contributed by atoms with Gasteiger partial charge in [-0.05, 0) is 6.42 Å². The number of aryl methyl sites for hydroxylation is 1. The molecule has 1 aliphatic heterocycles. The average molecular weight is 237 g/mol. The van der Waals surface area contributed by atoms with Gasteiger partial charge in [-0.3, -0.25) is 9.59 Å². The molecule has 0 saturated carbocycles. The van der Waals surface area contributed by atoms with E-state index in [0.29, 0.717) is 6.54 Å². The maximum absolute atomic E-state index is 11.6. The number of piperazine rings is 1. The van der Waals surface area contributed by atoms with Gasteiger partial charge in [-0.2, -0.15) is 5.10 Å². The van der Waals surface area contributed by atoms with Crippen LogP contribution in [-0.4, -0.2) is 44.6 Å². The first kappa shape index (κ1) is 11.6. The van der Waals surface area contributed by atoms with Gasteiger partial charge in [-0.15, -0.1) is 0 Å². The van der Waals surface area contributed by atoms with Gasteiger partial charge in [0.1, 0.15) is 18.7 Å². The molecule has 1 saturated heterocycles. The maximum Gasteiger partial charge on any atom is 0.242 e. The molecule has 1 fully saturated rings. The molecule has 1 aromatic rings. The average Bonchev–Trinajstić information content (AvgIpc) is 2.72. The first-order valence-corrected chi connectivity index (χ1v) is 5.62. The van der Waals surface area contributed by atoms with Crippen LogP contribution in [0.25, 0.3) is 0 Å². The Hall–Kier alpha value is -1.92. The molecule has 7 nitrogen and oxygen atoms in total. The van der Waals surface area contributed by atoms with Crippen LogP contribution in [0.5, 0.6) is 0 Å². The Morgan fingerprint density at radius 1 is 1.47 bits per heavy atom. The van der Waals surface area contributed by atoms with Crippen LogP contribution in [0.4, 0.5) is 0 Å². The van der Waals surface area contributed by atoms with Gasteiger partial charge >= 0.3 is 0 Å². The minimum atomic E-state index is -0.133. The highest BCUT2D eigenvalue weighted by atomic mass is 16.2. The fourth-order valence-electron chi connectivity index (χ4n) is 1.73. The molecular weight excluding hydrogens is 222 g/mol. The highest BCUT2D eigenvalue weighted by Gasteiger charge is 2.24. The number of carbonyl (C=O) groups is 2. The van der Waals surface area contributed by atoms with Gasteiger partial charge in [-0.25, -0.2) is 9.67 Å². The molecule has 0 aromatic carbocycles. The van der Waals surface area contributed by atoms with Gasteiger partial charge in [-0.1, -0.05) is 6.92 Å². The zero-order chi connectivity index (χ0) is 12.3. The Morgan fingerprint density at radius 3 is 3.06 bits per heavy atom. The Labute approximate surface area is 98.8 Å². The zero-order valence-corrected chi connectivity index (χ0v) is 9.72. The molecule has 92 valence electrons. The van der Waals surface area contributed by atoms with Gasteiger partial charge in [0.05, 0.1) is 13.1 Å². The van der Waals surface area contributed by atoms with Crippen LogP contribution < -0.4 is 5.32 Å². The summed E-state index contributed by atoms with van der Waals surface area (Å²) in [5.41, 5.74) is 0. The zero-order valence-electron chi connectivity index (χ0n) is 9.72. The van der Waals surface area contributed by atoms with Crippen LogP contribution in [0.1, 0.15) is 19.2 Å². The predicted molar refractivity (Wildman–Crippen MR) is 58.7 cm³/mol. The van der Waals surface area contributed by atoms with Crippen molar-refractivity contribution in [2.24, 2.45) is 0 Å². The summed E-state index contributed by atoms with van der Waals surface area (Å²) in [6.07, 6.45) is 2.42. The van der Waals surface area contributed by atoms with E-state index in [9.17, 15) is 9.59 Å². The lowest BCUT2D eigenvalue weighted by Crippen LogP contribution is -2.51. The first-order valence-electron chi connectivity index (χ1n) is 5.62. The monoisotopic (exact) mass is 237 g/mol. The summed E-state index contributed by atoms with van der Waals surface area (Å²) in [6, 6.07) is 0. The standard InChI is InChI=1S/C10H15N5O2/c1-2-3-15-8(12-7-13-15)5-14-6-9(16)11-4-10(14)17/h7H,2-6H2,1H3,(H,11,16). The van der Waals surface area contributed by atoms with Crippen LogP contribution in [0.15, 0.2) is 6.33 Å². The fourth-order valence-corrected chi connectivity index (χ4v) is 1.73. The van der Waals surface area contributed by atoms with Crippen molar-refractivity contribution in [3.05, 3.63) is 12.2 Å². The normalized spacial score (nSPS) is 16.2. The summed E-state index contributed by atoms with van der Waals surface area (Å²) in [5, 5.41) is 6.59. The fraction of sp³-hybridized carbons (Fsp3) is 0.600. The lowest BCUT2D eigenvalue weighted by molar-refractivity contribution is -0.141. The van der Waals surface area contributed by atoms with Crippen molar-refractivity contribution >= 4 is 11.8 Å². The second kappa shape index (κ2) is 4.94. The van der Waals surface area contributed by atoms with Gasteiger partial charge < -0.3 is 10.2 Å². The molecule has 2 heterocycles. The van der Waals surface area contributed by atoms with E-state index < -0.39 is 0 Å². The second-order valence-corrected chi connectivity index (χ2v) is 3.93. The summed E-state index contributed by atoms with van der Waals surface area (Å²) in [5.74, 6) is 0.497. The first-order chi connectivity index (χ1) is 8.20. The molecule has 0 aliphatic carbocycles. The topological polar surface area (TPSA) is 80.1 Å². The van der Waals surface area contributed by atoms with Crippen LogP contribution in [0, 0.1) is 0 Å². The van der Waals surface area contributed by atoms with Crippen molar-refractivity contribution in [1.29, 1.82) is 0 Å². The summed E-state index contributed by atoms with van der Waals surface area (Å²) in [4.78, 5) is 28.4. The second-order valence-electron chi connectivity index (χ2n) is 3.93. The molecule has 2 amide bonds. The number of aromatic nitrogens is 3. The van der Waals surface area contributed by atoms with E-state index in [4.69, 9.17) is 0 Å². The summed E-state index contributed by atoms with van der Waals surface area (Å²) in [6.45, 7) is 3.32. The third-order valence-corrected chi connectivity index (χ3v) is 2.59. The SMILES string of the molecule is CCCn1ncnc1CN1CC(=O)NCC1=O. The minimum Gasteiger partial charge on any atom is -0.345 e. The van der Waals surface area contributed by atoms with Crippen molar-refractivity contribution in [2.45, 2.75) is 26.4 Å². The lowest BCUT2D eigenvalue weighted by atomic mass is 10.3. The van der Waals surface area contributed by atoms with E-state index in [2.05, 4.69) is 15.4 Å². The van der Waals surface area contributed by atoms with E-state index in [1.807, 2.05) is 6.92 Å². The van der Waals surface area contributed by atoms with Crippen LogP contribution in [-0.2, 0) is 22.7 Å². The number of amides is 2. The molecule has 0 unspecified atom stereocenters. The molecule has 1 aromatic heterocycles. The number of nitrogens with zero attached hydrogens (tertiary/aromatic N) is 4. The molecule has 7 heteroatoms. The maximum atomic E-state index is 11.6. The Bertz CT molecular complexity index is 428. The quantitative estimate of drug-likeness (QED) is 0.739. The summed E-state index contributed by atoms with van der Waals surface area (Å²) < 4.78 is 1.76. The number of nitrogens with one attached hydrogen (secondary N) is 1. The molecule has 1 aliphatic rings. The number of rotatable bonds is 4. The largest absolute Gasteiger partial charge is 0.345 e. The molecule has 0 bridgehead atoms. The molecule has 2 rings (SSSR count). The molecule has 0 spiro atoms. The lowest BCUT2D eigenvalue weighted by Gasteiger charge is -2.26. The van der Waals surface area contributed by atoms with Gasteiger partial charge in [0, 0.05) is 6.54 Å².